The summed E-state index contributed by atoms with van der Waals surface area (Å²) in [5, 5.41) is 30.0. The van der Waals surface area contributed by atoms with Crippen LogP contribution >= 0.6 is 0 Å². The summed E-state index contributed by atoms with van der Waals surface area (Å²) in [4.78, 5) is 0. The van der Waals surface area contributed by atoms with Crippen LogP contribution in [0.1, 0.15) is 238 Å². The Kier molecular flexibility index (Phi) is 24.4. The maximum atomic E-state index is 15.9. The highest BCUT2D eigenvalue weighted by atomic mass is 19.1. The third-order valence-corrected chi connectivity index (χ3v) is 20.6. The van der Waals surface area contributed by atoms with Gasteiger partial charge in [-0.05, 0) is 198 Å². The van der Waals surface area contributed by atoms with Crippen molar-refractivity contribution in [2.24, 2.45) is 0 Å². The number of halogens is 2. The standard InChI is InChI=1S/C91H116F2N2O6/c1-17-19-21-23-25-28-44-98-70-50-62(40-42-94-80-52-64(88(5,6)7)32-36-72(80)73-37-33-65(53-81(73)94)89(8,9)10)84(96)76(58-70)78-56-68(92)48-60(3)86(78)100-46-30-27-31-47-101-87-61(4)49-69(93)57-79(87)77-59-71(99-45-29-26-24-22-20-18-2)51-63(85(77)97)41-43-95-82-54-66(90(11,12)13)34-38-74(82)75-39-35-67(55-83(75)95)91(14,15)16/h32-39,48-59,96-97H,17-31,40-47H2,1-16H3. The topological polar surface area (TPSA) is 87.2 Å². The maximum Gasteiger partial charge on any atom is 0.130 e. The van der Waals surface area contributed by atoms with Crippen LogP contribution in [0.4, 0.5) is 8.78 Å². The Morgan fingerprint density at radius 3 is 0.931 bits per heavy atom. The highest BCUT2D eigenvalue weighted by Crippen LogP contribution is 2.47. The first kappa shape index (κ1) is 75.7. The molecule has 540 valence electrons. The largest absolute Gasteiger partial charge is 0.507 e. The van der Waals surface area contributed by atoms with Crippen LogP contribution in [0.2, 0.25) is 0 Å². The number of nitrogens with zero attached hydrogens (tertiary/aromatic N) is 2. The molecule has 0 unspecified atom stereocenters. The predicted molar refractivity (Wildman–Crippen MR) is 420 cm³/mol. The number of rotatable bonds is 32. The molecule has 0 saturated heterocycles. The smallest absolute Gasteiger partial charge is 0.130 e. The van der Waals surface area contributed by atoms with Crippen molar-refractivity contribution in [2.45, 2.75) is 255 Å². The van der Waals surface area contributed by atoms with Gasteiger partial charge in [-0.1, -0.05) is 210 Å². The molecule has 2 N–H and O–H groups in total. The van der Waals surface area contributed by atoms with Gasteiger partial charge in [0, 0.05) is 79.0 Å². The van der Waals surface area contributed by atoms with Gasteiger partial charge in [0.25, 0.3) is 0 Å². The number of ether oxygens (including phenoxy) is 4. The molecule has 0 saturated carbocycles. The molecule has 10 rings (SSSR count). The van der Waals surface area contributed by atoms with E-state index in [4.69, 9.17) is 18.9 Å². The number of fused-ring (bicyclic) bond motifs is 6. The van der Waals surface area contributed by atoms with Gasteiger partial charge in [0.1, 0.15) is 46.1 Å². The van der Waals surface area contributed by atoms with E-state index < -0.39 is 11.6 Å². The Balaban J connectivity index is 0.889. The molecule has 0 aliphatic carbocycles. The molecule has 0 radical (unpaired) electrons. The average molecular weight is 1370 g/mol. The highest BCUT2D eigenvalue weighted by Gasteiger charge is 2.27. The van der Waals surface area contributed by atoms with Gasteiger partial charge < -0.3 is 38.3 Å². The zero-order chi connectivity index (χ0) is 72.6. The van der Waals surface area contributed by atoms with E-state index in [1.807, 2.05) is 38.1 Å². The molecule has 10 aromatic rings. The Hall–Kier alpha value is -7.98. The first-order valence-corrected chi connectivity index (χ1v) is 38.0. The number of aromatic nitrogens is 2. The third-order valence-electron chi connectivity index (χ3n) is 20.6. The van der Waals surface area contributed by atoms with E-state index in [1.165, 1.54) is 107 Å². The molecule has 10 heteroatoms. The van der Waals surface area contributed by atoms with Gasteiger partial charge in [0.15, 0.2) is 0 Å². The quantitative estimate of drug-likeness (QED) is 0.0409. The van der Waals surface area contributed by atoms with E-state index in [9.17, 15) is 10.2 Å². The molecule has 8 nitrogen and oxygen atoms in total. The lowest BCUT2D eigenvalue weighted by molar-refractivity contribution is 0.278. The van der Waals surface area contributed by atoms with Gasteiger partial charge in [-0.2, -0.15) is 0 Å². The van der Waals surface area contributed by atoms with Crippen LogP contribution in [0.15, 0.2) is 121 Å². The fourth-order valence-corrected chi connectivity index (χ4v) is 14.4. The summed E-state index contributed by atoms with van der Waals surface area (Å²) in [6.07, 6.45) is 16.5. The van der Waals surface area contributed by atoms with Crippen LogP contribution in [0, 0.1) is 25.5 Å². The minimum atomic E-state index is -0.424. The number of aryl methyl sites for hydroxylation is 6. The fraction of sp³-hybridized carbons (Fsp3) is 0.473. The summed E-state index contributed by atoms with van der Waals surface area (Å²) in [7, 11) is 0. The number of aromatic hydroxyl groups is 2. The second-order valence-electron chi connectivity index (χ2n) is 32.9. The lowest BCUT2D eigenvalue weighted by Crippen LogP contribution is -2.12. The second-order valence-corrected chi connectivity index (χ2v) is 32.9. The van der Waals surface area contributed by atoms with E-state index in [2.05, 4.69) is 179 Å². The average Bonchev–Trinajstić information content (AvgIpc) is 1.63. The Morgan fingerprint density at radius 1 is 0.337 bits per heavy atom. The van der Waals surface area contributed by atoms with Crippen LogP contribution in [0.25, 0.3) is 65.9 Å². The van der Waals surface area contributed by atoms with Gasteiger partial charge in [-0.25, -0.2) is 8.78 Å². The minimum absolute atomic E-state index is 0.0590. The summed E-state index contributed by atoms with van der Waals surface area (Å²) in [5.41, 5.74) is 13.9. The molecule has 0 bridgehead atoms. The van der Waals surface area contributed by atoms with Crippen LogP contribution in [0.5, 0.6) is 34.5 Å². The zero-order valence-electron chi connectivity index (χ0n) is 64.0. The van der Waals surface area contributed by atoms with Gasteiger partial charge in [0.05, 0.1) is 26.4 Å². The fourth-order valence-electron chi connectivity index (χ4n) is 14.4. The molecule has 0 spiro atoms. The molecule has 0 aliphatic heterocycles. The minimum Gasteiger partial charge on any atom is -0.507 e. The van der Waals surface area contributed by atoms with Crippen molar-refractivity contribution >= 4 is 43.6 Å². The number of unbranched alkanes of at least 4 members (excludes halogenated alkanes) is 12. The van der Waals surface area contributed by atoms with Gasteiger partial charge in [0.2, 0.25) is 0 Å². The van der Waals surface area contributed by atoms with Crippen LogP contribution < -0.4 is 18.9 Å². The maximum absolute atomic E-state index is 15.9. The van der Waals surface area contributed by atoms with Crippen molar-refractivity contribution < 1.29 is 37.9 Å². The van der Waals surface area contributed by atoms with Gasteiger partial charge >= 0.3 is 0 Å². The van der Waals surface area contributed by atoms with E-state index in [-0.39, 0.29) is 33.2 Å². The molecular formula is C91H116F2N2O6. The van der Waals surface area contributed by atoms with E-state index in [0.29, 0.717) is 133 Å². The number of hydrogen-bond acceptors (Lipinski definition) is 6. The van der Waals surface area contributed by atoms with Crippen molar-refractivity contribution in [3.8, 4) is 56.8 Å². The monoisotopic (exact) mass is 1370 g/mol. The number of hydrogen-bond donors (Lipinski definition) is 2. The molecular weight excluding hydrogens is 1260 g/mol. The SMILES string of the molecule is CCCCCCCCOc1cc(CCn2c3cc(C(C)(C)C)ccc3c3ccc(C(C)(C)C)cc32)c(O)c(-c2cc(F)cc(C)c2OCCCCCOc2c(C)cc(F)cc2-c2cc(OCCCCCCCC)cc(CCn3c4cc(C(C)(C)C)ccc4c4ccc(C(C)(C)C)cc43)c2O)c1. The Bertz CT molecular complexity index is 4070. The number of benzene rings is 8. The van der Waals surface area contributed by atoms with Crippen LogP contribution in [-0.2, 0) is 47.6 Å². The summed E-state index contributed by atoms with van der Waals surface area (Å²) in [6, 6.07) is 40.9. The van der Waals surface area contributed by atoms with Crippen LogP contribution in [-0.4, -0.2) is 45.8 Å². The lowest BCUT2D eigenvalue weighted by atomic mass is 9.86. The third kappa shape index (κ3) is 18.3. The second kappa shape index (κ2) is 32.6. The summed E-state index contributed by atoms with van der Waals surface area (Å²) in [5.74, 6) is 1.57. The van der Waals surface area contributed by atoms with Gasteiger partial charge in [-0.3, -0.25) is 0 Å². The van der Waals surface area contributed by atoms with E-state index >= 15 is 8.78 Å². The molecule has 0 amide bonds. The predicted octanol–water partition coefficient (Wildman–Crippen LogP) is 25.3. The van der Waals surface area contributed by atoms with Crippen molar-refractivity contribution in [1.82, 2.24) is 9.13 Å². The molecule has 0 atom stereocenters. The van der Waals surface area contributed by atoms with Crippen LogP contribution in [0.3, 0.4) is 0 Å². The number of phenolic OH excluding ortho intramolecular Hbond substituents is 2. The summed E-state index contributed by atoms with van der Waals surface area (Å²) < 4.78 is 63.2. The lowest BCUT2D eigenvalue weighted by Gasteiger charge is -2.21. The highest BCUT2D eigenvalue weighted by molar-refractivity contribution is 6.09. The molecule has 2 aromatic heterocycles. The summed E-state index contributed by atoms with van der Waals surface area (Å²) >= 11 is 0. The van der Waals surface area contributed by atoms with Crippen molar-refractivity contribution in [3.63, 3.8) is 0 Å². The Labute approximate surface area is 602 Å². The van der Waals surface area contributed by atoms with Crippen molar-refractivity contribution in [1.29, 1.82) is 0 Å². The molecule has 8 aromatic carbocycles. The molecule has 0 aliphatic rings. The molecule has 101 heavy (non-hydrogen) atoms. The van der Waals surface area contributed by atoms with Gasteiger partial charge in [-0.15, -0.1) is 0 Å². The van der Waals surface area contributed by atoms with E-state index in [0.717, 1.165) is 67.0 Å². The van der Waals surface area contributed by atoms with E-state index in [1.54, 1.807) is 0 Å². The Morgan fingerprint density at radius 2 is 0.624 bits per heavy atom. The number of phenols is 2. The zero-order valence-corrected chi connectivity index (χ0v) is 64.0. The normalized spacial score (nSPS) is 12.5. The summed E-state index contributed by atoms with van der Waals surface area (Å²) in [6.45, 7) is 38.0. The molecule has 0 fully saturated rings. The first-order chi connectivity index (χ1) is 48.0. The van der Waals surface area contributed by atoms with Crippen molar-refractivity contribution in [3.05, 3.63) is 177 Å². The molecule has 2 heterocycles. The van der Waals surface area contributed by atoms with Crippen molar-refractivity contribution in [2.75, 3.05) is 26.4 Å². The first-order valence-electron chi connectivity index (χ1n) is 38.0.